The van der Waals surface area contributed by atoms with E-state index in [0.717, 1.165) is 28.6 Å². The average molecular weight is 448 g/mol. The molecule has 2 aromatic carbocycles. The molecule has 1 aliphatic heterocycles. The van der Waals surface area contributed by atoms with Crippen LogP contribution in [0.1, 0.15) is 21.6 Å². The number of amides is 1. The molecule has 0 bridgehead atoms. The Morgan fingerprint density at radius 3 is 2.61 bits per heavy atom. The lowest BCUT2D eigenvalue weighted by molar-refractivity contribution is -0.121. The lowest BCUT2D eigenvalue weighted by atomic mass is 10.1. The molecule has 0 spiro atoms. The van der Waals surface area contributed by atoms with Crippen molar-refractivity contribution >= 4 is 51.9 Å². The number of hydrazine groups is 1. The second-order valence-electron chi connectivity index (χ2n) is 6.74. The fourth-order valence-electron chi connectivity index (χ4n) is 3.13. The topological polar surface area (TPSA) is 82.5 Å². The minimum Gasteiger partial charge on any atom is -0.478 e. The van der Waals surface area contributed by atoms with Gasteiger partial charge in [-0.25, -0.2) is 14.8 Å². The summed E-state index contributed by atoms with van der Waals surface area (Å²) in [6, 6.07) is 19.9. The Morgan fingerprint density at radius 1 is 1.10 bits per heavy atom. The van der Waals surface area contributed by atoms with Gasteiger partial charge in [-0.05, 0) is 55.0 Å². The molecule has 0 aliphatic carbocycles. The lowest BCUT2D eigenvalue weighted by Gasteiger charge is -2.18. The van der Waals surface area contributed by atoms with Crippen LogP contribution in [0, 0.1) is 6.92 Å². The first-order valence-corrected chi connectivity index (χ1v) is 10.6. The lowest BCUT2D eigenvalue weighted by Crippen LogP contribution is -2.34. The van der Waals surface area contributed by atoms with Crippen molar-refractivity contribution in [1.29, 1.82) is 0 Å². The van der Waals surface area contributed by atoms with Crippen LogP contribution in [-0.2, 0) is 4.79 Å². The van der Waals surface area contributed by atoms with Gasteiger partial charge in [0, 0.05) is 5.56 Å². The van der Waals surface area contributed by atoms with Gasteiger partial charge in [0.2, 0.25) is 0 Å². The smallest absolute Gasteiger partial charge is 0.337 e. The summed E-state index contributed by atoms with van der Waals surface area (Å²) in [5.41, 5.74) is 6.75. The van der Waals surface area contributed by atoms with E-state index in [2.05, 4.69) is 10.4 Å². The Balaban J connectivity index is 1.60. The molecule has 0 radical (unpaired) electrons. The molecule has 8 heteroatoms. The number of carboxylic acid groups (broad SMARTS) is 1. The highest BCUT2D eigenvalue weighted by Gasteiger charge is 2.33. The van der Waals surface area contributed by atoms with Crippen LogP contribution in [-0.4, -0.2) is 31.3 Å². The van der Waals surface area contributed by atoms with Gasteiger partial charge in [-0.1, -0.05) is 54.2 Å². The van der Waals surface area contributed by atoms with Crippen molar-refractivity contribution in [3.8, 4) is 11.3 Å². The van der Waals surface area contributed by atoms with Crippen molar-refractivity contribution < 1.29 is 14.7 Å². The van der Waals surface area contributed by atoms with E-state index in [9.17, 15) is 14.7 Å². The molecule has 6 nitrogen and oxygen atoms in total. The molecule has 1 aliphatic rings. The van der Waals surface area contributed by atoms with Gasteiger partial charge in [-0.2, -0.15) is 0 Å². The summed E-state index contributed by atoms with van der Waals surface area (Å²) in [6.07, 6.45) is 1.69. The van der Waals surface area contributed by atoms with Crippen molar-refractivity contribution in [2.75, 3.05) is 5.43 Å². The molecule has 4 rings (SSSR count). The number of thioether (sulfide) groups is 1. The summed E-state index contributed by atoms with van der Waals surface area (Å²) in [6.45, 7) is 2.02. The number of carboxylic acids is 1. The number of pyridine rings is 1. The van der Waals surface area contributed by atoms with E-state index in [4.69, 9.17) is 12.2 Å². The normalized spacial score (nSPS) is 14.9. The van der Waals surface area contributed by atoms with Crippen molar-refractivity contribution in [3.63, 3.8) is 0 Å². The van der Waals surface area contributed by atoms with E-state index in [0.29, 0.717) is 10.6 Å². The maximum atomic E-state index is 12.9. The van der Waals surface area contributed by atoms with Crippen molar-refractivity contribution in [1.82, 2.24) is 9.99 Å². The zero-order valence-electron chi connectivity index (χ0n) is 16.4. The molecular formula is C23H17N3O3S2. The van der Waals surface area contributed by atoms with Crippen LogP contribution in [0.5, 0.6) is 0 Å². The standard InChI is InChI=1S/C23H17N3O3S2/c1-14-7-2-3-9-16(14)18-12-6-8-15(24-18)13-20-21(27)26(23(30)31-20)25-19-11-5-4-10-17(19)22(28)29/h2-13,25H,1H3,(H,28,29). The number of nitrogens with one attached hydrogen (secondary N) is 1. The Bertz CT molecular complexity index is 1240. The fourth-order valence-corrected chi connectivity index (χ4v) is 4.29. The number of para-hydroxylation sites is 1. The first-order chi connectivity index (χ1) is 14.9. The molecule has 31 heavy (non-hydrogen) atoms. The third kappa shape index (κ3) is 4.35. The van der Waals surface area contributed by atoms with Gasteiger partial charge in [-0.3, -0.25) is 10.2 Å². The van der Waals surface area contributed by atoms with Gasteiger partial charge in [0.25, 0.3) is 5.91 Å². The highest BCUT2D eigenvalue weighted by atomic mass is 32.2. The average Bonchev–Trinajstić information content (AvgIpc) is 3.02. The van der Waals surface area contributed by atoms with Gasteiger partial charge >= 0.3 is 5.97 Å². The van der Waals surface area contributed by atoms with Crippen LogP contribution in [0.2, 0.25) is 0 Å². The first kappa shape index (κ1) is 20.8. The molecule has 154 valence electrons. The van der Waals surface area contributed by atoms with E-state index >= 15 is 0 Å². The Kier molecular flexibility index (Phi) is 5.83. The fraction of sp³-hybridized carbons (Fsp3) is 0.0435. The molecule has 1 aromatic heterocycles. The SMILES string of the molecule is Cc1ccccc1-c1cccc(C=C2SC(=S)N(Nc3ccccc3C(=O)O)C2=O)n1. The zero-order chi connectivity index (χ0) is 22.0. The maximum Gasteiger partial charge on any atom is 0.337 e. The minimum atomic E-state index is -1.10. The van der Waals surface area contributed by atoms with E-state index < -0.39 is 5.97 Å². The molecule has 2 N–H and O–H groups in total. The molecule has 1 saturated heterocycles. The summed E-state index contributed by atoms with van der Waals surface area (Å²) in [4.78, 5) is 29.4. The number of anilines is 1. The second-order valence-corrected chi connectivity index (χ2v) is 8.42. The predicted molar refractivity (Wildman–Crippen MR) is 126 cm³/mol. The van der Waals surface area contributed by atoms with Crippen LogP contribution < -0.4 is 5.43 Å². The number of aromatic carboxylic acids is 1. The molecular weight excluding hydrogens is 430 g/mol. The highest BCUT2D eigenvalue weighted by molar-refractivity contribution is 8.26. The summed E-state index contributed by atoms with van der Waals surface area (Å²) < 4.78 is 0.284. The zero-order valence-corrected chi connectivity index (χ0v) is 18.0. The quantitative estimate of drug-likeness (QED) is 0.421. The third-order valence-electron chi connectivity index (χ3n) is 4.65. The van der Waals surface area contributed by atoms with Crippen LogP contribution in [0.3, 0.4) is 0 Å². The van der Waals surface area contributed by atoms with E-state index in [-0.39, 0.29) is 21.5 Å². The van der Waals surface area contributed by atoms with Gasteiger partial charge in [0.1, 0.15) is 0 Å². The number of carbonyl (C=O) groups is 2. The van der Waals surface area contributed by atoms with Crippen molar-refractivity contribution in [2.24, 2.45) is 0 Å². The number of aromatic nitrogens is 1. The Labute approximate surface area is 188 Å². The molecule has 1 amide bonds. The number of nitrogens with zero attached hydrogens (tertiary/aromatic N) is 2. The Morgan fingerprint density at radius 2 is 1.84 bits per heavy atom. The van der Waals surface area contributed by atoms with Crippen molar-refractivity contribution in [2.45, 2.75) is 6.92 Å². The number of hydrogen-bond donors (Lipinski definition) is 2. The molecule has 3 aromatic rings. The molecule has 1 fully saturated rings. The van der Waals surface area contributed by atoms with E-state index in [1.54, 1.807) is 24.3 Å². The van der Waals surface area contributed by atoms with Crippen LogP contribution in [0.4, 0.5) is 5.69 Å². The Hall–Kier alpha value is -3.49. The maximum absolute atomic E-state index is 12.9. The summed E-state index contributed by atoms with van der Waals surface area (Å²) in [5, 5.41) is 10.5. The number of thiocarbonyl (C=S) groups is 1. The third-order valence-corrected chi connectivity index (χ3v) is 5.96. The number of hydrogen-bond acceptors (Lipinski definition) is 6. The first-order valence-electron chi connectivity index (χ1n) is 9.34. The summed E-state index contributed by atoms with van der Waals surface area (Å²) in [5.74, 6) is -1.46. The number of carbonyl (C=O) groups excluding carboxylic acids is 1. The van der Waals surface area contributed by atoms with E-state index in [1.807, 2.05) is 49.4 Å². The molecule has 0 atom stereocenters. The van der Waals surface area contributed by atoms with Gasteiger partial charge < -0.3 is 5.11 Å². The van der Waals surface area contributed by atoms with Gasteiger partial charge in [-0.15, -0.1) is 0 Å². The van der Waals surface area contributed by atoms with Gasteiger partial charge in [0.15, 0.2) is 4.32 Å². The molecule has 0 unspecified atom stereocenters. The van der Waals surface area contributed by atoms with Gasteiger partial charge in [0.05, 0.1) is 27.5 Å². The van der Waals surface area contributed by atoms with Crippen LogP contribution >= 0.6 is 24.0 Å². The van der Waals surface area contributed by atoms with E-state index in [1.165, 1.54) is 11.1 Å². The summed E-state index contributed by atoms with van der Waals surface area (Å²) in [7, 11) is 0. The molecule has 2 heterocycles. The number of rotatable bonds is 5. The highest BCUT2D eigenvalue weighted by Crippen LogP contribution is 2.33. The minimum absolute atomic E-state index is 0.0492. The predicted octanol–water partition coefficient (Wildman–Crippen LogP) is 4.98. The molecule has 0 saturated carbocycles. The van der Waals surface area contributed by atoms with Crippen molar-refractivity contribution in [3.05, 3.63) is 88.5 Å². The largest absolute Gasteiger partial charge is 0.478 e. The number of benzene rings is 2. The monoisotopic (exact) mass is 447 g/mol. The summed E-state index contributed by atoms with van der Waals surface area (Å²) >= 11 is 6.47. The number of aryl methyl sites for hydroxylation is 1. The van der Waals surface area contributed by atoms with Crippen LogP contribution in [0.25, 0.3) is 17.3 Å². The second kappa shape index (κ2) is 8.71. The van der Waals surface area contributed by atoms with Crippen LogP contribution in [0.15, 0.2) is 71.6 Å².